The highest BCUT2D eigenvalue weighted by Gasteiger charge is 2.45. The van der Waals surface area contributed by atoms with Gasteiger partial charge in [-0.1, -0.05) is 22.8 Å². The summed E-state index contributed by atoms with van der Waals surface area (Å²) in [5.41, 5.74) is 2.56. The van der Waals surface area contributed by atoms with E-state index >= 15 is 0 Å². The second-order valence-corrected chi connectivity index (χ2v) is 10.8. The Morgan fingerprint density at radius 3 is 2.47 bits per heavy atom. The standard InChI is InChI=1S/C21H29ClN4O3S/c1-14-5-6-19(9-20(14)22)23-7-4-8-25-10-17-12-26(13-18(17)11-25)30(27,28)21-15(2)24-29-16(21)3/h5-6,9,17-18,23H,4,7-8,10-13H2,1-3H3. The summed E-state index contributed by atoms with van der Waals surface area (Å²) < 4.78 is 32.8. The zero-order valence-electron chi connectivity index (χ0n) is 17.7. The lowest BCUT2D eigenvalue weighted by molar-refractivity contribution is 0.296. The topological polar surface area (TPSA) is 78.7 Å². The molecule has 7 nitrogen and oxygen atoms in total. The van der Waals surface area contributed by atoms with E-state index in [1.165, 1.54) is 0 Å². The average Bonchev–Trinajstić information content (AvgIpc) is 3.35. The smallest absolute Gasteiger partial charge is 0.248 e. The Kier molecular flexibility index (Phi) is 6.12. The zero-order valence-corrected chi connectivity index (χ0v) is 19.3. The minimum absolute atomic E-state index is 0.238. The predicted molar refractivity (Wildman–Crippen MR) is 117 cm³/mol. The van der Waals surface area contributed by atoms with Gasteiger partial charge in [-0.3, -0.25) is 0 Å². The van der Waals surface area contributed by atoms with Crippen LogP contribution in [0.5, 0.6) is 0 Å². The highest BCUT2D eigenvalue weighted by molar-refractivity contribution is 7.89. The fourth-order valence-electron chi connectivity index (χ4n) is 4.64. The number of aromatic nitrogens is 1. The van der Waals surface area contributed by atoms with E-state index in [1.54, 1.807) is 18.2 Å². The molecule has 30 heavy (non-hydrogen) atoms. The molecular weight excluding hydrogens is 424 g/mol. The molecule has 2 unspecified atom stereocenters. The summed E-state index contributed by atoms with van der Waals surface area (Å²) in [6.07, 6.45) is 1.03. The number of benzene rings is 1. The van der Waals surface area contributed by atoms with Crippen molar-refractivity contribution in [3.05, 3.63) is 40.2 Å². The molecule has 2 atom stereocenters. The number of likely N-dealkylation sites (tertiary alicyclic amines) is 1. The highest BCUT2D eigenvalue weighted by atomic mass is 35.5. The number of nitrogens with one attached hydrogen (secondary N) is 1. The molecule has 3 heterocycles. The molecule has 1 N–H and O–H groups in total. The molecule has 0 spiro atoms. The second kappa shape index (κ2) is 8.49. The fourth-order valence-corrected chi connectivity index (χ4v) is 6.66. The number of sulfonamides is 1. The third-order valence-corrected chi connectivity index (χ3v) is 8.73. The first-order chi connectivity index (χ1) is 14.3. The second-order valence-electron chi connectivity index (χ2n) is 8.50. The van der Waals surface area contributed by atoms with Crippen molar-refractivity contribution in [2.45, 2.75) is 32.1 Å². The lowest BCUT2D eigenvalue weighted by Crippen LogP contribution is -2.34. The van der Waals surface area contributed by atoms with Gasteiger partial charge in [0, 0.05) is 43.4 Å². The number of nitrogens with zero attached hydrogens (tertiary/aromatic N) is 3. The Labute approximate surface area is 183 Å². The Balaban J connectivity index is 1.25. The maximum Gasteiger partial charge on any atom is 0.248 e. The van der Waals surface area contributed by atoms with E-state index in [0.717, 1.165) is 48.9 Å². The van der Waals surface area contributed by atoms with Crippen LogP contribution in [0.4, 0.5) is 5.69 Å². The van der Waals surface area contributed by atoms with E-state index in [2.05, 4.69) is 21.4 Å². The number of aryl methyl sites for hydroxylation is 3. The summed E-state index contributed by atoms with van der Waals surface area (Å²) in [6, 6.07) is 6.04. The summed E-state index contributed by atoms with van der Waals surface area (Å²) in [5, 5.41) is 8.02. The quantitative estimate of drug-likeness (QED) is 0.649. The van der Waals surface area contributed by atoms with Crippen LogP contribution in [0.25, 0.3) is 0 Å². The Bertz CT molecular complexity index is 990. The van der Waals surface area contributed by atoms with Crippen molar-refractivity contribution in [1.82, 2.24) is 14.4 Å². The molecule has 2 aliphatic heterocycles. The van der Waals surface area contributed by atoms with Crippen molar-refractivity contribution >= 4 is 27.3 Å². The van der Waals surface area contributed by atoms with E-state index in [1.807, 2.05) is 19.1 Å². The summed E-state index contributed by atoms with van der Waals surface area (Å²) in [4.78, 5) is 2.69. The lowest BCUT2D eigenvalue weighted by Gasteiger charge is -2.21. The van der Waals surface area contributed by atoms with Crippen LogP contribution in [0.15, 0.2) is 27.6 Å². The van der Waals surface area contributed by atoms with Crippen LogP contribution in [0, 0.1) is 32.6 Å². The van der Waals surface area contributed by atoms with Crippen LogP contribution in [-0.2, 0) is 10.0 Å². The van der Waals surface area contributed by atoms with Crippen LogP contribution < -0.4 is 5.32 Å². The first-order valence-electron chi connectivity index (χ1n) is 10.4. The molecule has 4 rings (SSSR count). The van der Waals surface area contributed by atoms with Crippen molar-refractivity contribution in [2.24, 2.45) is 11.8 Å². The third-order valence-electron chi connectivity index (χ3n) is 6.25. The number of hydrogen-bond acceptors (Lipinski definition) is 6. The number of rotatable bonds is 7. The van der Waals surface area contributed by atoms with Gasteiger partial charge in [0.25, 0.3) is 0 Å². The molecule has 164 valence electrons. The molecule has 1 aromatic carbocycles. The summed E-state index contributed by atoms with van der Waals surface area (Å²) >= 11 is 6.17. The first-order valence-corrected chi connectivity index (χ1v) is 12.2. The molecular formula is C21H29ClN4O3S. The number of halogens is 1. The molecule has 0 saturated carbocycles. The van der Waals surface area contributed by atoms with Gasteiger partial charge in [-0.05, 0) is 63.3 Å². The number of fused-ring (bicyclic) bond motifs is 1. The van der Waals surface area contributed by atoms with E-state index in [0.29, 0.717) is 36.4 Å². The van der Waals surface area contributed by atoms with Crippen LogP contribution in [0.2, 0.25) is 5.02 Å². The molecule has 9 heteroatoms. The van der Waals surface area contributed by atoms with Crippen LogP contribution in [0.1, 0.15) is 23.4 Å². The highest BCUT2D eigenvalue weighted by Crippen LogP contribution is 2.35. The largest absolute Gasteiger partial charge is 0.385 e. The molecule has 2 saturated heterocycles. The number of anilines is 1. The van der Waals surface area contributed by atoms with Crippen molar-refractivity contribution in [3.8, 4) is 0 Å². The molecule has 0 bridgehead atoms. The average molecular weight is 453 g/mol. The van der Waals surface area contributed by atoms with Gasteiger partial charge in [0.05, 0.1) is 0 Å². The summed E-state index contributed by atoms with van der Waals surface area (Å²) in [7, 11) is -3.54. The number of hydrogen-bond donors (Lipinski definition) is 1. The first kappa shape index (κ1) is 21.6. The molecule has 2 fully saturated rings. The van der Waals surface area contributed by atoms with Gasteiger partial charge in [-0.2, -0.15) is 4.31 Å². The van der Waals surface area contributed by atoms with E-state index < -0.39 is 10.0 Å². The Morgan fingerprint density at radius 1 is 1.17 bits per heavy atom. The minimum Gasteiger partial charge on any atom is -0.385 e. The molecule has 0 aliphatic carbocycles. The SMILES string of the molecule is Cc1ccc(NCCCN2CC3CN(S(=O)(=O)c4c(C)noc4C)CC3C2)cc1Cl. The normalized spacial score (nSPS) is 22.5. The van der Waals surface area contributed by atoms with Crippen molar-refractivity contribution in [1.29, 1.82) is 0 Å². The van der Waals surface area contributed by atoms with Gasteiger partial charge in [0.1, 0.15) is 10.6 Å². The molecule has 1 aromatic heterocycles. The van der Waals surface area contributed by atoms with Gasteiger partial charge in [-0.15, -0.1) is 0 Å². The maximum atomic E-state index is 13.0. The molecule has 0 amide bonds. The zero-order chi connectivity index (χ0) is 21.5. The predicted octanol–water partition coefficient (Wildman–Crippen LogP) is 3.31. The van der Waals surface area contributed by atoms with Crippen molar-refractivity contribution < 1.29 is 12.9 Å². The van der Waals surface area contributed by atoms with Gasteiger partial charge in [-0.25, -0.2) is 8.42 Å². The monoisotopic (exact) mass is 452 g/mol. The third kappa shape index (κ3) is 4.23. The molecule has 0 radical (unpaired) electrons. The Hall–Kier alpha value is -1.61. The molecule has 2 aromatic rings. The maximum absolute atomic E-state index is 13.0. The van der Waals surface area contributed by atoms with Gasteiger partial charge in [0.15, 0.2) is 5.76 Å². The Morgan fingerprint density at radius 2 is 1.87 bits per heavy atom. The molecule has 2 aliphatic rings. The van der Waals surface area contributed by atoms with Crippen molar-refractivity contribution in [3.63, 3.8) is 0 Å². The summed E-state index contributed by atoms with van der Waals surface area (Å²) in [5.74, 6) is 1.15. The van der Waals surface area contributed by atoms with Crippen LogP contribution in [-0.4, -0.2) is 62.0 Å². The van der Waals surface area contributed by atoms with E-state index in [4.69, 9.17) is 16.1 Å². The van der Waals surface area contributed by atoms with Gasteiger partial charge in [0.2, 0.25) is 10.0 Å². The van der Waals surface area contributed by atoms with Crippen LogP contribution in [0.3, 0.4) is 0 Å². The summed E-state index contributed by atoms with van der Waals surface area (Å²) in [6.45, 7) is 10.3. The van der Waals surface area contributed by atoms with E-state index in [9.17, 15) is 8.42 Å². The lowest BCUT2D eigenvalue weighted by atomic mass is 10.0. The van der Waals surface area contributed by atoms with Crippen LogP contribution >= 0.6 is 11.6 Å². The van der Waals surface area contributed by atoms with Gasteiger partial charge >= 0.3 is 0 Å². The van der Waals surface area contributed by atoms with Gasteiger partial charge < -0.3 is 14.7 Å². The van der Waals surface area contributed by atoms with Crippen molar-refractivity contribution in [2.75, 3.05) is 44.6 Å². The fraction of sp³-hybridized carbons (Fsp3) is 0.571. The minimum atomic E-state index is -3.54. The van der Waals surface area contributed by atoms with E-state index in [-0.39, 0.29) is 4.90 Å².